The van der Waals surface area contributed by atoms with Gasteiger partial charge < -0.3 is 0 Å². The van der Waals surface area contributed by atoms with Gasteiger partial charge in [-0.1, -0.05) is 176 Å². The Morgan fingerprint density at radius 1 is 0.262 bits per heavy atom. The third-order valence-electron chi connectivity index (χ3n) is 11.9. The molecular formula is C57H35N3S. The summed E-state index contributed by atoms with van der Waals surface area (Å²) < 4.78 is 2.41. The monoisotopic (exact) mass is 793 g/mol. The van der Waals surface area contributed by atoms with E-state index in [-0.39, 0.29) is 0 Å². The molecule has 0 unspecified atom stereocenters. The number of thiophene rings is 1. The second-order valence-electron chi connectivity index (χ2n) is 15.5. The van der Waals surface area contributed by atoms with Crippen molar-refractivity contribution in [3.8, 4) is 67.5 Å². The van der Waals surface area contributed by atoms with Crippen molar-refractivity contribution in [2.45, 2.75) is 0 Å². The van der Waals surface area contributed by atoms with Crippen molar-refractivity contribution >= 4 is 63.8 Å². The van der Waals surface area contributed by atoms with Crippen LogP contribution in [-0.4, -0.2) is 15.0 Å². The first-order valence-corrected chi connectivity index (χ1v) is 21.4. The molecule has 4 heteroatoms. The number of fused-ring (bicyclic) bond motifs is 6. The van der Waals surface area contributed by atoms with Gasteiger partial charge in [0, 0.05) is 36.9 Å². The van der Waals surface area contributed by atoms with Crippen LogP contribution in [0.1, 0.15) is 0 Å². The summed E-state index contributed by atoms with van der Waals surface area (Å²) >= 11 is 1.79. The minimum atomic E-state index is 0.639. The molecule has 3 nitrogen and oxygen atoms in total. The number of hydrogen-bond acceptors (Lipinski definition) is 4. The highest BCUT2D eigenvalue weighted by Gasteiger charge is 2.20. The fourth-order valence-corrected chi connectivity index (χ4v) is 10.2. The van der Waals surface area contributed by atoms with E-state index < -0.39 is 0 Å². The van der Waals surface area contributed by atoms with Crippen LogP contribution in [0, 0.1) is 0 Å². The molecule has 2 heterocycles. The third kappa shape index (κ3) is 6.07. The zero-order valence-electron chi connectivity index (χ0n) is 33.0. The highest BCUT2D eigenvalue weighted by Crippen LogP contribution is 2.42. The maximum atomic E-state index is 5.40. The van der Waals surface area contributed by atoms with Gasteiger partial charge in [0.25, 0.3) is 0 Å². The highest BCUT2D eigenvalue weighted by molar-refractivity contribution is 7.26. The number of benzene rings is 10. The van der Waals surface area contributed by atoms with Crippen LogP contribution in [0.25, 0.3) is 120 Å². The molecule has 12 aromatic rings. The summed E-state index contributed by atoms with van der Waals surface area (Å²) in [7, 11) is 0. The number of rotatable bonds is 6. The molecule has 0 spiro atoms. The third-order valence-corrected chi connectivity index (χ3v) is 13.2. The molecule has 0 aliphatic carbocycles. The van der Waals surface area contributed by atoms with Crippen molar-refractivity contribution in [2.75, 3.05) is 0 Å². The van der Waals surface area contributed by atoms with Gasteiger partial charge in [-0.25, -0.2) is 15.0 Å². The van der Waals surface area contributed by atoms with E-state index in [0.29, 0.717) is 17.5 Å². The molecule has 2 aromatic heterocycles. The Bertz CT molecular complexity index is 3650. The zero-order chi connectivity index (χ0) is 40.3. The molecular weight excluding hydrogens is 759 g/mol. The van der Waals surface area contributed by atoms with Gasteiger partial charge >= 0.3 is 0 Å². The Hall–Kier alpha value is -7.79. The maximum absolute atomic E-state index is 5.40. The molecule has 10 aromatic carbocycles. The maximum Gasteiger partial charge on any atom is 0.165 e. The van der Waals surface area contributed by atoms with E-state index >= 15 is 0 Å². The Labute approximate surface area is 356 Å². The van der Waals surface area contributed by atoms with Crippen LogP contribution >= 0.6 is 11.3 Å². The van der Waals surface area contributed by atoms with Gasteiger partial charge in [-0.3, -0.25) is 0 Å². The average Bonchev–Trinajstić information content (AvgIpc) is 3.72. The van der Waals surface area contributed by atoms with Crippen LogP contribution in [0.5, 0.6) is 0 Å². The topological polar surface area (TPSA) is 38.7 Å². The first-order valence-electron chi connectivity index (χ1n) is 20.6. The van der Waals surface area contributed by atoms with Crippen LogP contribution in [0.2, 0.25) is 0 Å². The molecule has 0 aliphatic heterocycles. The number of aromatic nitrogens is 3. The van der Waals surface area contributed by atoms with Gasteiger partial charge in [-0.2, -0.15) is 0 Å². The van der Waals surface area contributed by atoms with E-state index in [2.05, 4.69) is 212 Å². The summed E-state index contributed by atoms with van der Waals surface area (Å²) in [6, 6.07) is 75.8. The molecule has 0 bridgehead atoms. The summed E-state index contributed by atoms with van der Waals surface area (Å²) in [5.41, 5.74) is 9.99. The summed E-state index contributed by atoms with van der Waals surface area (Å²) in [5.74, 6) is 1.94. The Kier molecular flexibility index (Phi) is 8.36. The fourth-order valence-electron chi connectivity index (χ4n) is 9.01. The first kappa shape index (κ1) is 35.2. The molecule has 0 aliphatic rings. The lowest BCUT2D eigenvalue weighted by atomic mass is 9.91. The molecule has 0 amide bonds. The Morgan fingerprint density at radius 3 is 1.57 bits per heavy atom. The van der Waals surface area contributed by atoms with Gasteiger partial charge in [0.05, 0.1) is 0 Å². The van der Waals surface area contributed by atoms with Gasteiger partial charge in [-0.15, -0.1) is 11.3 Å². The van der Waals surface area contributed by atoms with Crippen LogP contribution < -0.4 is 0 Å². The predicted octanol–water partition coefficient (Wildman–Crippen LogP) is 15.7. The lowest BCUT2D eigenvalue weighted by molar-refractivity contribution is 1.08. The van der Waals surface area contributed by atoms with E-state index in [4.69, 9.17) is 15.0 Å². The van der Waals surface area contributed by atoms with Gasteiger partial charge in [0.2, 0.25) is 0 Å². The summed E-state index contributed by atoms with van der Waals surface area (Å²) in [4.78, 5) is 16.2. The first-order chi connectivity index (χ1) is 30.2. The van der Waals surface area contributed by atoms with E-state index in [1.165, 1.54) is 53.2 Å². The predicted molar refractivity (Wildman–Crippen MR) is 258 cm³/mol. The zero-order valence-corrected chi connectivity index (χ0v) is 33.8. The second kappa shape index (κ2) is 14.5. The molecule has 61 heavy (non-hydrogen) atoms. The van der Waals surface area contributed by atoms with Crippen molar-refractivity contribution in [1.29, 1.82) is 0 Å². The molecule has 0 radical (unpaired) electrons. The van der Waals surface area contributed by atoms with Crippen LogP contribution in [-0.2, 0) is 0 Å². The molecule has 12 rings (SSSR count). The lowest BCUT2D eigenvalue weighted by Crippen LogP contribution is -2.01. The molecule has 0 N–H and O–H groups in total. The Morgan fingerprint density at radius 2 is 0.803 bits per heavy atom. The van der Waals surface area contributed by atoms with E-state index in [1.807, 2.05) is 0 Å². The summed E-state index contributed by atoms with van der Waals surface area (Å²) in [6.07, 6.45) is 0. The molecule has 0 saturated carbocycles. The van der Waals surface area contributed by atoms with Gasteiger partial charge in [0.15, 0.2) is 17.5 Å². The number of nitrogens with zero attached hydrogens (tertiary/aromatic N) is 3. The summed E-state index contributed by atoms with van der Waals surface area (Å²) in [6.45, 7) is 0. The van der Waals surface area contributed by atoms with Crippen molar-refractivity contribution < 1.29 is 0 Å². The molecule has 0 atom stereocenters. The molecule has 0 saturated heterocycles. The summed E-state index contributed by atoms with van der Waals surface area (Å²) in [5, 5.41) is 9.35. The van der Waals surface area contributed by atoms with Crippen molar-refractivity contribution in [3.63, 3.8) is 0 Å². The average molecular weight is 794 g/mol. The van der Waals surface area contributed by atoms with Crippen molar-refractivity contribution in [1.82, 2.24) is 15.0 Å². The van der Waals surface area contributed by atoms with Crippen LogP contribution in [0.3, 0.4) is 0 Å². The normalized spacial score (nSPS) is 11.6. The van der Waals surface area contributed by atoms with Crippen LogP contribution in [0.15, 0.2) is 212 Å². The van der Waals surface area contributed by atoms with Crippen molar-refractivity contribution in [2.24, 2.45) is 0 Å². The van der Waals surface area contributed by atoms with Crippen LogP contribution in [0.4, 0.5) is 0 Å². The smallest absolute Gasteiger partial charge is 0.165 e. The number of hydrogen-bond donors (Lipinski definition) is 0. The highest BCUT2D eigenvalue weighted by atomic mass is 32.1. The lowest BCUT2D eigenvalue weighted by Gasteiger charge is -2.15. The van der Waals surface area contributed by atoms with Gasteiger partial charge in [-0.05, 0) is 102 Å². The quantitative estimate of drug-likeness (QED) is 0.168. The minimum absolute atomic E-state index is 0.639. The minimum Gasteiger partial charge on any atom is -0.208 e. The van der Waals surface area contributed by atoms with Crippen molar-refractivity contribution in [3.05, 3.63) is 212 Å². The second-order valence-corrected chi connectivity index (χ2v) is 16.6. The van der Waals surface area contributed by atoms with Gasteiger partial charge in [0.1, 0.15) is 0 Å². The fraction of sp³-hybridized carbons (Fsp3) is 0. The SMILES string of the molecule is c1ccc(-c2cc(-c3ccc4cccc(-c5nc(-c6ccc(-c7ccccc7)c7ccccc67)nc(-c6cccc7c6sc6ccccc67)n5)c4c3)cc3ccccc23)cc1. The standard InChI is InChI=1S/C57H35N3S/c1-3-15-36(16-4-1)43-31-32-49(45-23-10-9-22-44(43)45)56-58-55(59-57(60-56)50-27-14-25-47-46-24-11-12-28-53(46)61-54(47)50)48-26-13-20-38-29-30-39(34-52(38)48)41-33-40-19-7-8-21-42(40)51(35-41)37-17-5-2-6-18-37/h1-35H. The Balaban J connectivity index is 1.09. The molecule has 284 valence electrons. The van der Waals surface area contributed by atoms with E-state index in [1.54, 1.807) is 11.3 Å². The van der Waals surface area contributed by atoms with E-state index in [0.717, 1.165) is 49.4 Å². The molecule has 0 fully saturated rings. The van der Waals surface area contributed by atoms with E-state index in [9.17, 15) is 0 Å². The largest absolute Gasteiger partial charge is 0.208 e.